The van der Waals surface area contributed by atoms with E-state index in [-0.39, 0.29) is 0 Å². The fourth-order valence-corrected chi connectivity index (χ4v) is 3.02. The summed E-state index contributed by atoms with van der Waals surface area (Å²) in [6, 6.07) is 0. The van der Waals surface area contributed by atoms with Crippen LogP contribution in [0.5, 0.6) is 0 Å². The fraction of sp³-hybridized carbons (Fsp3) is 0.143. The summed E-state index contributed by atoms with van der Waals surface area (Å²) in [6.45, 7) is 1.82. The van der Waals surface area contributed by atoms with E-state index in [2.05, 4.69) is 4.98 Å². The van der Waals surface area contributed by atoms with Crippen LogP contribution >= 0.6 is 22.7 Å². The number of aromatic nitrogens is 1. The first-order valence-corrected chi connectivity index (χ1v) is 4.95. The molecular weight excluding hydrogens is 194 g/mol. The van der Waals surface area contributed by atoms with Gasteiger partial charge in [-0.1, -0.05) is 0 Å². The van der Waals surface area contributed by atoms with Crippen molar-refractivity contribution in [3.05, 3.63) is 16.0 Å². The summed E-state index contributed by atoms with van der Waals surface area (Å²) >= 11 is 2.73. The third-order valence-corrected chi connectivity index (χ3v) is 3.87. The maximum Gasteiger partial charge on any atom is 0.346 e. The molecule has 2 rings (SSSR count). The first-order valence-electron chi connectivity index (χ1n) is 3.26. The number of carbonyl (C=O) groups is 1. The molecule has 0 fully saturated rings. The van der Waals surface area contributed by atoms with E-state index < -0.39 is 5.97 Å². The van der Waals surface area contributed by atoms with Gasteiger partial charge in [-0.05, 0) is 12.5 Å². The summed E-state index contributed by atoms with van der Waals surface area (Å²) < 4.78 is 0.998. The molecule has 2 aromatic heterocycles. The summed E-state index contributed by atoms with van der Waals surface area (Å²) in [4.78, 5) is 16.0. The van der Waals surface area contributed by atoms with Crippen molar-refractivity contribution in [3.8, 4) is 0 Å². The van der Waals surface area contributed by atoms with Crippen LogP contribution in [-0.2, 0) is 0 Å². The van der Waals surface area contributed by atoms with E-state index in [1.807, 2.05) is 6.92 Å². The predicted octanol–water partition coefficient (Wildman–Crippen LogP) is 2.36. The highest BCUT2D eigenvalue weighted by molar-refractivity contribution is 7.27. The third kappa shape index (κ3) is 0.937. The molecular formula is C7H5NO2S2. The number of aryl methyl sites for hydroxylation is 1. The number of rotatable bonds is 1. The average Bonchev–Trinajstić information content (AvgIpc) is 2.53. The smallest absolute Gasteiger partial charge is 0.346 e. The first-order chi connectivity index (χ1) is 5.70. The Morgan fingerprint density at radius 2 is 2.42 bits per heavy atom. The molecule has 1 N–H and O–H groups in total. The molecule has 0 aliphatic heterocycles. The second-order valence-electron chi connectivity index (χ2n) is 2.35. The summed E-state index contributed by atoms with van der Waals surface area (Å²) in [5, 5.41) is 8.77. The Hall–Kier alpha value is -0.940. The maximum atomic E-state index is 10.7. The molecule has 0 amide bonds. The highest BCUT2D eigenvalue weighted by atomic mass is 32.1. The lowest BCUT2D eigenvalue weighted by atomic mass is 10.3. The zero-order valence-electron chi connectivity index (χ0n) is 6.20. The highest BCUT2D eigenvalue weighted by Gasteiger charge is 2.15. The SMILES string of the molecule is Cc1c(C(=O)O)sc2ncsc12. The van der Waals surface area contributed by atoms with Gasteiger partial charge in [-0.3, -0.25) is 0 Å². The van der Waals surface area contributed by atoms with Crippen LogP contribution in [-0.4, -0.2) is 16.1 Å². The highest BCUT2D eigenvalue weighted by Crippen LogP contribution is 2.32. The number of carboxylic acids is 1. The normalized spacial score (nSPS) is 10.8. The van der Waals surface area contributed by atoms with Gasteiger partial charge in [0.2, 0.25) is 0 Å². The fourth-order valence-electron chi connectivity index (χ4n) is 1.04. The van der Waals surface area contributed by atoms with Gasteiger partial charge in [-0.2, -0.15) is 0 Å². The summed E-state index contributed by atoms with van der Waals surface area (Å²) in [5.74, 6) is -0.859. The molecule has 0 aliphatic rings. The third-order valence-electron chi connectivity index (χ3n) is 1.61. The molecule has 3 nitrogen and oxygen atoms in total. The minimum absolute atomic E-state index is 0.407. The van der Waals surface area contributed by atoms with Crippen LogP contribution in [0, 0.1) is 6.92 Å². The number of carboxylic acid groups (broad SMARTS) is 1. The van der Waals surface area contributed by atoms with Crippen LogP contribution < -0.4 is 0 Å². The molecule has 12 heavy (non-hydrogen) atoms. The average molecular weight is 199 g/mol. The topological polar surface area (TPSA) is 50.2 Å². The quantitative estimate of drug-likeness (QED) is 0.767. The van der Waals surface area contributed by atoms with Gasteiger partial charge in [0.15, 0.2) is 0 Å². The van der Waals surface area contributed by atoms with Crippen LogP contribution in [0.2, 0.25) is 0 Å². The molecule has 0 spiro atoms. The summed E-state index contributed by atoms with van der Waals surface area (Å²) in [6.07, 6.45) is 0. The van der Waals surface area contributed by atoms with Crippen molar-refractivity contribution >= 4 is 38.2 Å². The zero-order chi connectivity index (χ0) is 8.72. The van der Waals surface area contributed by atoms with Crippen LogP contribution in [0.15, 0.2) is 5.51 Å². The Labute approximate surface area is 76.3 Å². The molecule has 0 aliphatic carbocycles. The Balaban J connectivity index is 2.78. The minimum atomic E-state index is -0.859. The number of aromatic carboxylic acids is 1. The number of thiazole rings is 1. The zero-order valence-corrected chi connectivity index (χ0v) is 7.83. The van der Waals surface area contributed by atoms with Crippen molar-refractivity contribution in [2.24, 2.45) is 0 Å². The van der Waals surface area contributed by atoms with E-state index in [0.717, 1.165) is 15.1 Å². The second kappa shape index (κ2) is 2.53. The molecule has 5 heteroatoms. The molecule has 0 radical (unpaired) electrons. The van der Waals surface area contributed by atoms with Crippen molar-refractivity contribution in [1.29, 1.82) is 0 Å². The molecule has 62 valence electrons. The Bertz CT molecular complexity index is 443. The van der Waals surface area contributed by atoms with Crippen LogP contribution in [0.4, 0.5) is 0 Å². The van der Waals surface area contributed by atoms with E-state index in [0.29, 0.717) is 4.88 Å². The molecule has 2 aromatic rings. The number of hydrogen-bond acceptors (Lipinski definition) is 4. The van der Waals surface area contributed by atoms with Gasteiger partial charge < -0.3 is 5.11 Å². The van der Waals surface area contributed by atoms with Gasteiger partial charge in [0.1, 0.15) is 9.71 Å². The molecule has 0 unspecified atom stereocenters. The maximum absolute atomic E-state index is 10.7. The van der Waals surface area contributed by atoms with Gasteiger partial charge in [-0.15, -0.1) is 22.7 Å². The summed E-state index contributed by atoms with van der Waals surface area (Å²) in [7, 11) is 0. The number of nitrogens with zero attached hydrogens (tertiary/aromatic N) is 1. The van der Waals surface area contributed by atoms with Gasteiger partial charge in [0.25, 0.3) is 0 Å². The first kappa shape index (κ1) is 7.70. The van der Waals surface area contributed by atoms with E-state index in [1.54, 1.807) is 5.51 Å². The Morgan fingerprint density at radius 1 is 1.67 bits per heavy atom. The monoisotopic (exact) mass is 199 g/mol. The van der Waals surface area contributed by atoms with Gasteiger partial charge >= 0.3 is 5.97 Å². The number of fused-ring (bicyclic) bond motifs is 1. The van der Waals surface area contributed by atoms with E-state index >= 15 is 0 Å². The molecule has 0 saturated heterocycles. The van der Waals surface area contributed by atoms with Crippen LogP contribution in [0.3, 0.4) is 0 Å². The molecule has 0 atom stereocenters. The standard InChI is InChI=1S/C7H5NO2S2/c1-3-4-6(8-2-11-4)12-5(3)7(9)10/h2H,1H3,(H,9,10). The van der Waals surface area contributed by atoms with E-state index in [4.69, 9.17) is 5.11 Å². The second-order valence-corrected chi connectivity index (χ2v) is 4.20. The van der Waals surface area contributed by atoms with Gasteiger partial charge in [0.05, 0.1) is 10.2 Å². The number of hydrogen-bond donors (Lipinski definition) is 1. The van der Waals surface area contributed by atoms with Gasteiger partial charge in [-0.25, -0.2) is 9.78 Å². The van der Waals surface area contributed by atoms with Gasteiger partial charge in [0, 0.05) is 0 Å². The van der Waals surface area contributed by atoms with Crippen molar-refractivity contribution in [2.75, 3.05) is 0 Å². The lowest BCUT2D eigenvalue weighted by Gasteiger charge is -1.87. The lowest BCUT2D eigenvalue weighted by molar-refractivity contribution is 0.0701. The van der Waals surface area contributed by atoms with E-state index in [9.17, 15) is 4.79 Å². The van der Waals surface area contributed by atoms with Crippen molar-refractivity contribution < 1.29 is 9.90 Å². The largest absolute Gasteiger partial charge is 0.477 e. The summed E-state index contributed by atoms with van der Waals surface area (Å²) in [5.41, 5.74) is 2.57. The predicted molar refractivity (Wildman–Crippen MR) is 49.2 cm³/mol. The van der Waals surface area contributed by atoms with Crippen molar-refractivity contribution in [2.45, 2.75) is 6.92 Å². The van der Waals surface area contributed by atoms with Crippen LogP contribution in [0.1, 0.15) is 15.2 Å². The van der Waals surface area contributed by atoms with Crippen molar-refractivity contribution in [3.63, 3.8) is 0 Å². The number of thiophene rings is 1. The molecule has 0 bridgehead atoms. The Kier molecular flexibility index (Phi) is 1.62. The van der Waals surface area contributed by atoms with Crippen LogP contribution in [0.25, 0.3) is 9.53 Å². The van der Waals surface area contributed by atoms with Crippen molar-refractivity contribution in [1.82, 2.24) is 4.98 Å². The molecule has 2 heterocycles. The van der Waals surface area contributed by atoms with E-state index in [1.165, 1.54) is 22.7 Å². The Morgan fingerprint density at radius 3 is 3.00 bits per heavy atom. The minimum Gasteiger partial charge on any atom is -0.477 e. The molecule has 0 aromatic carbocycles. The lowest BCUT2D eigenvalue weighted by Crippen LogP contribution is -1.93. The molecule has 0 saturated carbocycles.